The number of pyridine rings is 1. The van der Waals surface area contributed by atoms with E-state index in [9.17, 15) is 4.79 Å². The highest BCUT2D eigenvalue weighted by atomic mass is 16.3. The van der Waals surface area contributed by atoms with Gasteiger partial charge in [0.1, 0.15) is 0 Å². The number of aromatic hydroxyl groups is 1. The standard InChI is InChI=1S/C7H5NO3/c9-5-3-6-4(1-2-11-6)8-7(5)10/h1-3,9H,(H,8,10). The molecule has 0 aliphatic carbocycles. The van der Waals surface area contributed by atoms with Crippen molar-refractivity contribution in [2.75, 3.05) is 0 Å². The SMILES string of the molecule is O=c1[nH]c2ccoc2cc1O. The fourth-order valence-electron chi connectivity index (χ4n) is 0.912. The summed E-state index contributed by atoms with van der Waals surface area (Å²) in [6.45, 7) is 0. The van der Waals surface area contributed by atoms with Gasteiger partial charge in [0, 0.05) is 12.1 Å². The molecule has 0 bridgehead atoms. The lowest BCUT2D eigenvalue weighted by Crippen LogP contribution is -2.02. The Labute approximate surface area is 61.1 Å². The molecule has 4 heteroatoms. The smallest absolute Gasteiger partial charge is 0.290 e. The first-order chi connectivity index (χ1) is 5.27. The number of aromatic nitrogens is 1. The van der Waals surface area contributed by atoms with Crippen molar-refractivity contribution >= 4 is 11.1 Å². The number of fused-ring (bicyclic) bond motifs is 1. The van der Waals surface area contributed by atoms with E-state index in [1.807, 2.05) is 0 Å². The minimum atomic E-state index is -0.501. The van der Waals surface area contributed by atoms with E-state index in [1.165, 1.54) is 12.3 Å². The van der Waals surface area contributed by atoms with Crippen molar-refractivity contribution in [1.82, 2.24) is 4.98 Å². The van der Waals surface area contributed by atoms with Crippen LogP contribution in [0.25, 0.3) is 11.1 Å². The molecule has 0 atom stereocenters. The molecule has 2 rings (SSSR count). The maximum Gasteiger partial charge on any atom is 0.290 e. The average Bonchev–Trinajstić information content (AvgIpc) is 2.36. The zero-order valence-electron chi connectivity index (χ0n) is 5.50. The van der Waals surface area contributed by atoms with E-state index in [4.69, 9.17) is 9.52 Å². The van der Waals surface area contributed by atoms with Crippen LogP contribution in [0.5, 0.6) is 5.75 Å². The summed E-state index contributed by atoms with van der Waals surface area (Å²) in [7, 11) is 0. The molecule has 0 aromatic carbocycles. The Balaban J connectivity index is 2.97. The van der Waals surface area contributed by atoms with Crippen LogP contribution in [-0.4, -0.2) is 10.1 Å². The lowest BCUT2D eigenvalue weighted by Gasteiger charge is -1.88. The number of aromatic amines is 1. The van der Waals surface area contributed by atoms with Crippen LogP contribution in [0.15, 0.2) is 27.6 Å². The maximum atomic E-state index is 10.8. The van der Waals surface area contributed by atoms with Crippen molar-refractivity contribution in [3.63, 3.8) is 0 Å². The third-order valence-corrected chi connectivity index (χ3v) is 1.44. The first-order valence-electron chi connectivity index (χ1n) is 3.07. The van der Waals surface area contributed by atoms with Crippen molar-refractivity contribution in [2.45, 2.75) is 0 Å². The van der Waals surface area contributed by atoms with Crippen LogP contribution in [0, 0.1) is 0 Å². The summed E-state index contributed by atoms with van der Waals surface area (Å²) in [4.78, 5) is 13.2. The predicted molar refractivity (Wildman–Crippen MR) is 38.5 cm³/mol. The minimum absolute atomic E-state index is 0.326. The Morgan fingerprint density at radius 3 is 3.18 bits per heavy atom. The predicted octanol–water partition coefficient (Wildman–Crippen LogP) is 0.827. The molecule has 2 aromatic heterocycles. The minimum Gasteiger partial charge on any atom is -0.503 e. The largest absolute Gasteiger partial charge is 0.503 e. The van der Waals surface area contributed by atoms with E-state index in [0.717, 1.165) is 0 Å². The molecule has 2 heterocycles. The van der Waals surface area contributed by atoms with Crippen molar-refractivity contribution in [3.05, 3.63) is 28.7 Å². The highest BCUT2D eigenvalue weighted by Gasteiger charge is 2.01. The molecular weight excluding hydrogens is 146 g/mol. The van der Waals surface area contributed by atoms with Gasteiger partial charge in [0.2, 0.25) is 0 Å². The molecule has 11 heavy (non-hydrogen) atoms. The second-order valence-electron chi connectivity index (χ2n) is 2.18. The van der Waals surface area contributed by atoms with E-state index >= 15 is 0 Å². The summed E-state index contributed by atoms with van der Waals surface area (Å²) in [6, 6.07) is 2.91. The Morgan fingerprint density at radius 2 is 2.36 bits per heavy atom. The number of hydrogen-bond donors (Lipinski definition) is 2. The van der Waals surface area contributed by atoms with Crippen molar-refractivity contribution < 1.29 is 9.52 Å². The zero-order valence-corrected chi connectivity index (χ0v) is 5.50. The van der Waals surface area contributed by atoms with Crippen LogP contribution in [0.3, 0.4) is 0 Å². The van der Waals surface area contributed by atoms with Gasteiger partial charge in [0.25, 0.3) is 5.56 Å². The van der Waals surface area contributed by atoms with Gasteiger partial charge in [-0.3, -0.25) is 4.79 Å². The number of furan rings is 1. The van der Waals surface area contributed by atoms with Crippen LogP contribution in [0.1, 0.15) is 0 Å². The van der Waals surface area contributed by atoms with Crippen LogP contribution in [0.4, 0.5) is 0 Å². The second kappa shape index (κ2) is 1.88. The third kappa shape index (κ3) is 0.797. The van der Waals surface area contributed by atoms with Gasteiger partial charge in [0.05, 0.1) is 11.8 Å². The first-order valence-corrected chi connectivity index (χ1v) is 3.07. The monoisotopic (exact) mass is 151 g/mol. The van der Waals surface area contributed by atoms with Crippen LogP contribution in [-0.2, 0) is 0 Å². The Kier molecular flexibility index (Phi) is 1.03. The molecule has 0 saturated heterocycles. The maximum absolute atomic E-state index is 10.8. The lowest BCUT2D eigenvalue weighted by molar-refractivity contribution is 0.466. The molecule has 4 nitrogen and oxygen atoms in total. The molecule has 0 spiro atoms. The molecule has 0 aliphatic heterocycles. The zero-order chi connectivity index (χ0) is 7.84. The van der Waals surface area contributed by atoms with Gasteiger partial charge in [-0.2, -0.15) is 0 Å². The third-order valence-electron chi connectivity index (χ3n) is 1.44. The van der Waals surface area contributed by atoms with Crippen LogP contribution >= 0.6 is 0 Å². The summed E-state index contributed by atoms with van der Waals surface area (Å²) in [5.74, 6) is -0.326. The van der Waals surface area contributed by atoms with Gasteiger partial charge in [-0.1, -0.05) is 0 Å². The van der Waals surface area contributed by atoms with Gasteiger partial charge in [-0.25, -0.2) is 0 Å². The fourth-order valence-corrected chi connectivity index (χ4v) is 0.912. The fraction of sp³-hybridized carbons (Fsp3) is 0. The van der Waals surface area contributed by atoms with Gasteiger partial charge in [-0.15, -0.1) is 0 Å². The second-order valence-corrected chi connectivity index (χ2v) is 2.18. The highest BCUT2D eigenvalue weighted by molar-refractivity contribution is 5.73. The topological polar surface area (TPSA) is 66.2 Å². The molecule has 0 unspecified atom stereocenters. The summed E-state index contributed by atoms with van der Waals surface area (Å²) < 4.78 is 4.92. The molecule has 2 N–H and O–H groups in total. The first kappa shape index (κ1) is 6.03. The summed E-state index contributed by atoms with van der Waals surface area (Å²) >= 11 is 0. The summed E-state index contributed by atoms with van der Waals surface area (Å²) in [6.07, 6.45) is 1.44. The van der Waals surface area contributed by atoms with E-state index < -0.39 is 5.56 Å². The van der Waals surface area contributed by atoms with Crippen LogP contribution < -0.4 is 5.56 Å². The quantitative estimate of drug-likeness (QED) is 0.585. The number of nitrogens with one attached hydrogen (secondary N) is 1. The van der Waals surface area contributed by atoms with E-state index in [1.54, 1.807) is 6.07 Å². The molecule has 0 fully saturated rings. The van der Waals surface area contributed by atoms with Crippen molar-refractivity contribution in [2.24, 2.45) is 0 Å². The molecule has 0 saturated carbocycles. The van der Waals surface area contributed by atoms with E-state index in [2.05, 4.69) is 4.98 Å². The van der Waals surface area contributed by atoms with Crippen molar-refractivity contribution in [1.29, 1.82) is 0 Å². The highest BCUT2D eigenvalue weighted by Crippen LogP contribution is 2.13. The summed E-state index contributed by atoms with van der Waals surface area (Å²) in [5, 5.41) is 8.93. The average molecular weight is 151 g/mol. The van der Waals surface area contributed by atoms with E-state index in [0.29, 0.717) is 11.1 Å². The Bertz CT molecular complexity index is 440. The van der Waals surface area contributed by atoms with Gasteiger partial charge in [0.15, 0.2) is 11.3 Å². The van der Waals surface area contributed by atoms with Crippen LogP contribution in [0.2, 0.25) is 0 Å². The Hall–Kier alpha value is -1.71. The number of H-pyrrole nitrogens is 1. The normalized spacial score (nSPS) is 10.5. The van der Waals surface area contributed by atoms with Crippen molar-refractivity contribution in [3.8, 4) is 5.75 Å². The molecule has 2 aromatic rings. The number of rotatable bonds is 0. The lowest BCUT2D eigenvalue weighted by atomic mass is 10.4. The molecule has 0 radical (unpaired) electrons. The molecular formula is C7H5NO3. The van der Waals surface area contributed by atoms with E-state index in [-0.39, 0.29) is 5.75 Å². The van der Waals surface area contributed by atoms with Gasteiger partial charge >= 0.3 is 0 Å². The Morgan fingerprint density at radius 1 is 1.55 bits per heavy atom. The molecule has 0 amide bonds. The molecule has 0 aliphatic rings. The summed E-state index contributed by atoms with van der Waals surface area (Å²) in [5.41, 5.74) is 0.564. The van der Waals surface area contributed by atoms with Gasteiger partial charge < -0.3 is 14.5 Å². The molecule has 56 valence electrons. The van der Waals surface area contributed by atoms with Gasteiger partial charge in [-0.05, 0) is 0 Å². The number of hydrogen-bond acceptors (Lipinski definition) is 3.